The number of aromatic nitrogens is 2. The Morgan fingerprint density at radius 3 is 3.10 bits per heavy atom. The monoisotopic (exact) mass is 269 g/mol. The molecule has 0 bridgehead atoms. The van der Waals surface area contributed by atoms with Gasteiger partial charge in [-0.25, -0.2) is 4.98 Å². The quantitative estimate of drug-likeness (QED) is 0.711. The van der Waals surface area contributed by atoms with Crippen LogP contribution in [-0.2, 0) is 0 Å². The summed E-state index contributed by atoms with van der Waals surface area (Å²) in [7, 11) is 0. The zero-order chi connectivity index (χ0) is 13.7. The van der Waals surface area contributed by atoms with Crippen LogP contribution in [0, 0.1) is 6.92 Å². The van der Waals surface area contributed by atoms with E-state index in [1.807, 2.05) is 25.1 Å². The summed E-state index contributed by atoms with van der Waals surface area (Å²) in [5.41, 5.74) is 2.61. The molecular weight excluding hydrogens is 254 g/mol. The normalized spacial score (nSPS) is 19.1. The molecule has 0 radical (unpaired) electrons. The molecule has 4 rings (SSSR count). The maximum atomic E-state index is 12.2. The van der Waals surface area contributed by atoms with Gasteiger partial charge in [-0.15, -0.1) is 0 Å². The van der Waals surface area contributed by atoms with E-state index in [0.29, 0.717) is 22.5 Å². The minimum absolute atomic E-state index is 0.141. The lowest BCUT2D eigenvalue weighted by molar-refractivity contribution is 0.600. The molecule has 1 fully saturated rings. The van der Waals surface area contributed by atoms with Gasteiger partial charge in [0.15, 0.2) is 0 Å². The van der Waals surface area contributed by atoms with E-state index in [4.69, 9.17) is 4.42 Å². The van der Waals surface area contributed by atoms with Crippen LogP contribution in [-0.4, -0.2) is 16.5 Å². The molecule has 0 unspecified atom stereocenters. The average molecular weight is 269 g/mol. The van der Waals surface area contributed by atoms with E-state index >= 15 is 0 Å². The summed E-state index contributed by atoms with van der Waals surface area (Å²) in [6, 6.07) is 6.01. The molecule has 0 saturated carbocycles. The molecule has 5 heteroatoms. The molecule has 2 N–H and O–H groups in total. The second-order valence-corrected chi connectivity index (χ2v) is 5.38. The third-order valence-electron chi connectivity index (χ3n) is 3.89. The van der Waals surface area contributed by atoms with Gasteiger partial charge in [-0.2, -0.15) is 0 Å². The summed E-state index contributed by atoms with van der Waals surface area (Å²) in [6.45, 7) is 2.99. The van der Waals surface area contributed by atoms with Gasteiger partial charge in [-0.3, -0.25) is 4.79 Å². The van der Waals surface area contributed by atoms with Crippen LogP contribution < -0.4 is 10.9 Å². The Hall–Kier alpha value is -2.14. The van der Waals surface area contributed by atoms with Crippen molar-refractivity contribution in [1.82, 2.24) is 15.3 Å². The molecule has 1 atom stereocenters. The topological polar surface area (TPSA) is 70.9 Å². The van der Waals surface area contributed by atoms with Gasteiger partial charge in [0.25, 0.3) is 5.56 Å². The Labute approximate surface area is 115 Å². The van der Waals surface area contributed by atoms with Gasteiger partial charge >= 0.3 is 0 Å². The number of rotatable bonds is 1. The first-order chi connectivity index (χ1) is 9.72. The van der Waals surface area contributed by atoms with E-state index in [0.717, 1.165) is 30.3 Å². The highest BCUT2D eigenvalue weighted by Crippen LogP contribution is 2.27. The van der Waals surface area contributed by atoms with Crippen LogP contribution in [0.15, 0.2) is 27.4 Å². The number of nitrogens with zero attached hydrogens (tertiary/aromatic N) is 1. The van der Waals surface area contributed by atoms with E-state index in [1.165, 1.54) is 0 Å². The lowest BCUT2D eigenvalue weighted by Crippen LogP contribution is -2.20. The molecule has 1 saturated heterocycles. The first-order valence-electron chi connectivity index (χ1n) is 6.89. The number of hydrogen-bond donors (Lipinski definition) is 2. The number of aromatic amines is 1. The molecule has 20 heavy (non-hydrogen) atoms. The molecule has 5 nitrogen and oxygen atoms in total. The fourth-order valence-corrected chi connectivity index (χ4v) is 2.87. The number of nitrogens with one attached hydrogen (secondary N) is 2. The average Bonchev–Trinajstić information content (AvgIpc) is 3.06. The van der Waals surface area contributed by atoms with Gasteiger partial charge in [0.05, 0.1) is 6.04 Å². The maximum absolute atomic E-state index is 12.2. The fraction of sp³-hybridized carbons (Fsp3) is 0.333. The molecule has 0 spiro atoms. The smallest absolute Gasteiger partial charge is 0.294 e. The summed E-state index contributed by atoms with van der Waals surface area (Å²) < 4.78 is 5.63. The van der Waals surface area contributed by atoms with Crippen LogP contribution in [0.25, 0.3) is 22.1 Å². The summed E-state index contributed by atoms with van der Waals surface area (Å²) in [6.07, 6.45) is 2.11. The van der Waals surface area contributed by atoms with E-state index in [9.17, 15) is 4.79 Å². The van der Waals surface area contributed by atoms with Gasteiger partial charge in [0.1, 0.15) is 16.9 Å². The number of benzene rings is 1. The highest BCUT2D eigenvalue weighted by Gasteiger charge is 2.21. The lowest BCUT2D eigenvalue weighted by Gasteiger charge is -2.08. The zero-order valence-corrected chi connectivity index (χ0v) is 11.2. The van der Waals surface area contributed by atoms with Crippen LogP contribution in [0.5, 0.6) is 0 Å². The Morgan fingerprint density at radius 2 is 2.30 bits per heavy atom. The first kappa shape index (κ1) is 11.7. The summed E-state index contributed by atoms with van der Waals surface area (Å²) in [4.78, 5) is 19.7. The molecule has 1 aromatic carbocycles. The molecule has 1 aliphatic heterocycles. The highest BCUT2D eigenvalue weighted by molar-refractivity contribution is 6.02. The molecule has 3 aromatic rings. The van der Waals surface area contributed by atoms with E-state index < -0.39 is 0 Å². The van der Waals surface area contributed by atoms with Crippen molar-refractivity contribution in [2.75, 3.05) is 6.54 Å². The molecular formula is C15H15N3O2. The van der Waals surface area contributed by atoms with Crippen LogP contribution >= 0.6 is 0 Å². The maximum Gasteiger partial charge on any atom is 0.294 e. The standard InChI is InChI=1S/C15H15N3O2/c1-8-4-5-11-9(7-8)12-13(20-11)15(19)18-14(17-12)10-3-2-6-16-10/h4-5,7,10,16H,2-3,6H2,1H3,(H,17,18,19)/t10-/m0/s1. The van der Waals surface area contributed by atoms with Gasteiger partial charge in [0, 0.05) is 5.39 Å². The van der Waals surface area contributed by atoms with Gasteiger partial charge in [0.2, 0.25) is 5.58 Å². The third-order valence-corrected chi connectivity index (χ3v) is 3.89. The molecule has 102 valence electrons. The second-order valence-electron chi connectivity index (χ2n) is 5.38. The van der Waals surface area contributed by atoms with Crippen molar-refractivity contribution < 1.29 is 4.42 Å². The molecule has 1 aliphatic rings. The van der Waals surface area contributed by atoms with Crippen molar-refractivity contribution in [3.05, 3.63) is 39.9 Å². The number of furan rings is 1. The third kappa shape index (κ3) is 1.67. The Kier molecular flexibility index (Phi) is 2.44. The Morgan fingerprint density at radius 1 is 1.40 bits per heavy atom. The zero-order valence-electron chi connectivity index (χ0n) is 11.2. The van der Waals surface area contributed by atoms with Crippen LogP contribution in [0.3, 0.4) is 0 Å². The summed E-state index contributed by atoms with van der Waals surface area (Å²) in [5.74, 6) is 0.712. The van der Waals surface area contributed by atoms with Crippen molar-refractivity contribution in [2.45, 2.75) is 25.8 Å². The van der Waals surface area contributed by atoms with Crippen molar-refractivity contribution in [2.24, 2.45) is 0 Å². The lowest BCUT2D eigenvalue weighted by atomic mass is 10.1. The molecule has 2 aromatic heterocycles. The Bertz CT molecular complexity index is 857. The van der Waals surface area contributed by atoms with E-state index in [1.54, 1.807) is 0 Å². The molecule has 0 aliphatic carbocycles. The molecule has 0 amide bonds. The number of aryl methyl sites for hydroxylation is 1. The van der Waals surface area contributed by atoms with Gasteiger partial charge < -0.3 is 14.7 Å². The first-order valence-corrected chi connectivity index (χ1v) is 6.89. The van der Waals surface area contributed by atoms with E-state index in [2.05, 4.69) is 15.3 Å². The SMILES string of the molecule is Cc1ccc2oc3c(=O)[nH]c([C@@H]4CCCN4)nc3c2c1. The van der Waals surface area contributed by atoms with Gasteiger partial charge in [-0.1, -0.05) is 11.6 Å². The van der Waals surface area contributed by atoms with Crippen LogP contribution in [0.4, 0.5) is 0 Å². The van der Waals surface area contributed by atoms with Crippen LogP contribution in [0.2, 0.25) is 0 Å². The summed E-state index contributed by atoms with van der Waals surface area (Å²) in [5, 5.41) is 4.26. The highest BCUT2D eigenvalue weighted by atomic mass is 16.3. The van der Waals surface area contributed by atoms with Crippen molar-refractivity contribution in [3.8, 4) is 0 Å². The van der Waals surface area contributed by atoms with Gasteiger partial charge in [-0.05, 0) is 38.4 Å². The number of hydrogen-bond acceptors (Lipinski definition) is 4. The predicted molar refractivity (Wildman–Crippen MR) is 76.9 cm³/mol. The summed E-state index contributed by atoms with van der Waals surface area (Å²) >= 11 is 0. The fourth-order valence-electron chi connectivity index (χ4n) is 2.87. The van der Waals surface area contributed by atoms with E-state index in [-0.39, 0.29) is 11.6 Å². The number of H-pyrrole nitrogens is 1. The van der Waals surface area contributed by atoms with Crippen molar-refractivity contribution >= 4 is 22.1 Å². The Balaban J connectivity index is 2.03. The number of fused-ring (bicyclic) bond motifs is 3. The molecule has 3 heterocycles. The minimum atomic E-state index is -0.201. The van der Waals surface area contributed by atoms with Crippen molar-refractivity contribution in [3.63, 3.8) is 0 Å². The largest absolute Gasteiger partial charge is 0.449 e. The second kappa shape index (κ2) is 4.18. The van der Waals surface area contributed by atoms with Crippen molar-refractivity contribution in [1.29, 1.82) is 0 Å². The van der Waals surface area contributed by atoms with Crippen LogP contribution in [0.1, 0.15) is 30.3 Å². The minimum Gasteiger partial charge on any atom is -0.449 e. The predicted octanol–water partition coefficient (Wildman–Crippen LogP) is 2.40.